The van der Waals surface area contributed by atoms with Gasteiger partial charge in [0, 0.05) is 19.1 Å². The average Bonchev–Trinajstić information content (AvgIpc) is 2.62. The second-order valence-electron chi connectivity index (χ2n) is 6.42. The molecule has 114 valence electrons. The lowest BCUT2D eigenvalue weighted by Crippen LogP contribution is -2.46. The van der Waals surface area contributed by atoms with Gasteiger partial charge in [0.25, 0.3) is 0 Å². The molecule has 0 aliphatic rings. The number of nitrogens with one attached hydrogen (secondary N) is 2. The number of fused-ring (bicyclic) bond motifs is 1. The lowest BCUT2D eigenvalue weighted by atomic mass is 10.1. The SMILES string of the molecule is Cc1nc2cc(CCNC(=O)NC(C)(C)C)ccc2n1C. The largest absolute Gasteiger partial charge is 0.338 e. The first-order valence-corrected chi connectivity index (χ1v) is 7.24. The summed E-state index contributed by atoms with van der Waals surface area (Å²) in [4.78, 5) is 16.2. The fraction of sp³-hybridized carbons (Fsp3) is 0.500. The van der Waals surface area contributed by atoms with Gasteiger partial charge in [-0.1, -0.05) is 6.07 Å². The molecule has 0 aliphatic carbocycles. The van der Waals surface area contributed by atoms with Crippen LogP contribution in [0.5, 0.6) is 0 Å². The van der Waals surface area contributed by atoms with Crippen LogP contribution >= 0.6 is 0 Å². The highest BCUT2D eigenvalue weighted by atomic mass is 16.2. The minimum atomic E-state index is -0.214. The van der Waals surface area contributed by atoms with Crippen molar-refractivity contribution in [2.75, 3.05) is 6.54 Å². The molecule has 2 N–H and O–H groups in total. The zero-order valence-corrected chi connectivity index (χ0v) is 13.4. The summed E-state index contributed by atoms with van der Waals surface area (Å²) in [6, 6.07) is 6.13. The Morgan fingerprint density at radius 2 is 2.05 bits per heavy atom. The van der Waals surface area contributed by atoms with Crippen molar-refractivity contribution < 1.29 is 4.79 Å². The monoisotopic (exact) mass is 288 g/mol. The highest BCUT2D eigenvalue weighted by Gasteiger charge is 2.12. The Kier molecular flexibility index (Phi) is 4.21. The van der Waals surface area contributed by atoms with E-state index in [9.17, 15) is 4.79 Å². The Hall–Kier alpha value is -2.04. The van der Waals surface area contributed by atoms with Crippen LogP contribution in [-0.4, -0.2) is 27.7 Å². The molecule has 0 atom stereocenters. The molecule has 2 rings (SSSR count). The third kappa shape index (κ3) is 3.97. The topological polar surface area (TPSA) is 59.0 Å². The van der Waals surface area contributed by atoms with Gasteiger partial charge >= 0.3 is 6.03 Å². The van der Waals surface area contributed by atoms with E-state index in [1.807, 2.05) is 34.7 Å². The number of amides is 2. The van der Waals surface area contributed by atoms with E-state index >= 15 is 0 Å². The smallest absolute Gasteiger partial charge is 0.315 e. The molecule has 1 aromatic heterocycles. The Balaban J connectivity index is 1.93. The lowest BCUT2D eigenvalue weighted by Gasteiger charge is -2.20. The molecular weight excluding hydrogens is 264 g/mol. The van der Waals surface area contributed by atoms with E-state index in [0.717, 1.165) is 23.3 Å². The summed E-state index contributed by atoms with van der Waals surface area (Å²) in [7, 11) is 2.02. The van der Waals surface area contributed by atoms with E-state index in [2.05, 4.69) is 38.4 Å². The summed E-state index contributed by atoms with van der Waals surface area (Å²) in [5.74, 6) is 1.00. The third-order valence-corrected chi connectivity index (χ3v) is 3.36. The van der Waals surface area contributed by atoms with Crippen LogP contribution in [0, 0.1) is 6.92 Å². The second-order valence-corrected chi connectivity index (χ2v) is 6.42. The van der Waals surface area contributed by atoms with E-state index in [0.29, 0.717) is 6.54 Å². The van der Waals surface area contributed by atoms with Crippen LogP contribution in [0.4, 0.5) is 4.79 Å². The van der Waals surface area contributed by atoms with Crippen molar-refractivity contribution in [2.24, 2.45) is 7.05 Å². The summed E-state index contributed by atoms with van der Waals surface area (Å²) in [5, 5.41) is 5.76. The highest BCUT2D eigenvalue weighted by molar-refractivity contribution is 5.77. The van der Waals surface area contributed by atoms with Gasteiger partial charge in [0.05, 0.1) is 11.0 Å². The van der Waals surface area contributed by atoms with Crippen molar-refractivity contribution in [3.8, 4) is 0 Å². The van der Waals surface area contributed by atoms with Crippen LogP contribution < -0.4 is 10.6 Å². The molecule has 0 radical (unpaired) electrons. The number of hydrogen-bond donors (Lipinski definition) is 2. The number of aromatic nitrogens is 2. The third-order valence-electron chi connectivity index (χ3n) is 3.36. The van der Waals surface area contributed by atoms with Crippen LogP contribution in [0.3, 0.4) is 0 Å². The molecule has 0 unspecified atom stereocenters. The van der Waals surface area contributed by atoms with E-state index < -0.39 is 0 Å². The molecule has 0 spiro atoms. The molecule has 21 heavy (non-hydrogen) atoms. The van der Waals surface area contributed by atoms with Crippen molar-refractivity contribution in [2.45, 2.75) is 39.7 Å². The molecule has 5 nitrogen and oxygen atoms in total. The first-order chi connectivity index (χ1) is 9.76. The molecule has 5 heteroatoms. The fourth-order valence-corrected chi connectivity index (χ4v) is 2.23. The summed E-state index contributed by atoms with van der Waals surface area (Å²) in [5.41, 5.74) is 3.10. The maximum absolute atomic E-state index is 11.7. The maximum Gasteiger partial charge on any atom is 0.315 e. The number of carbonyl (C=O) groups excluding carboxylic acids is 1. The molecular formula is C16H24N4O. The van der Waals surface area contributed by atoms with Crippen molar-refractivity contribution >= 4 is 17.1 Å². The Morgan fingerprint density at radius 1 is 1.33 bits per heavy atom. The minimum absolute atomic E-state index is 0.128. The Bertz CT molecular complexity index is 652. The molecule has 0 bridgehead atoms. The van der Waals surface area contributed by atoms with Gasteiger partial charge in [-0.15, -0.1) is 0 Å². The number of rotatable bonds is 3. The molecule has 1 aromatic carbocycles. The number of hydrogen-bond acceptors (Lipinski definition) is 2. The van der Waals surface area contributed by atoms with Crippen LogP contribution in [0.15, 0.2) is 18.2 Å². The summed E-state index contributed by atoms with van der Waals surface area (Å²) in [6.45, 7) is 8.50. The van der Waals surface area contributed by atoms with Crippen molar-refractivity contribution in [1.29, 1.82) is 0 Å². The molecule has 2 amide bonds. The molecule has 0 saturated carbocycles. The van der Waals surface area contributed by atoms with Crippen molar-refractivity contribution in [1.82, 2.24) is 20.2 Å². The average molecular weight is 288 g/mol. The first-order valence-electron chi connectivity index (χ1n) is 7.24. The van der Waals surface area contributed by atoms with Crippen LogP contribution in [0.25, 0.3) is 11.0 Å². The van der Waals surface area contributed by atoms with Gasteiger partial charge in [0.2, 0.25) is 0 Å². The Morgan fingerprint density at radius 3 is 2.71 bits per heavy atom. The number of nitrogens with zero attached hydrogens (tertiary/aromatic N) is 2. The standard InChI is InChI=1S/C16H24N4O/c1-11-18-13-10-12(6-7-14(13)20(11)5)8-9-17-15(21)19-16(2,3)4/h6-7,10H,8-9H2,1-5H3,(H2,17,19,21). The predicted molar refractivity (Wildman–Crippen MR) is 85.4 cm³/mol. The van der Waals surface area contributed by atoms with E-state index in [-0.39, 0.29) is 11.6 Å². The summed E-state index contributed by atoms with van der Waals surface area (Å²) >= 11 is 0. The van der Waals surface area contributed by atoms with Crippen LogP contribution in [0.2, 0.25) is 0 Å². The zero-order valence-electron chi connectivity index (χ0n) is 13.4. The van der Waals surface area contributed by atoms with E-state index in [1.165, 1.54) is 5.56 Å². The Labute approximate surface area is 125 Å². The van der Waals surface area contributed by atoms with Crippen molar-refractivity contribution in [3.05, 3.63) is 29.6 Å². The summed E-state index contributed by atoms with van der Waals surface area (Å²) in [6.07, 6.45) is 0.795. The van der Waals surface area contributed by atoms with Gasteiger partial charge in [-0.2, -0.15) is 0 Å². The van der Waals surface area contributed by atoms with Gasteiger partial charge in [-0.25, -0.2) is 9.78 Å². The predicted octanol–water partition coefficient (Wildman–Crippen LogP) is 2.52. The fourth-order valence-electron chi connectivity index (χ4n) is 2.23. The van der Waals surface area contributed by atoms with Gasteiger partial charge in [0.1, 0.15) is 5.82 Å². The molecule has 0 fully saturated rings. The van der Waals surface area contributed by atoms with E-state index in [4.69, 9.17) is 0 Å². The number of urea groups is 1. The van der Waals surface area contributed by atoms with Gasteiger partial charge in [-0.05, 0) is 51.8 Å². The van der Waals surface area contributed by atoms with Gasteiger partial charge in [0.15, 0.2) is 0 Å². The number of benzene rings is 1. The number of imidazole rings is 1. The van der Waals surface area contributed by atoms with Crippen LogP contribution in [0.1, 0.15) is 32.2 Å². The molecule has 2 aromatic rings. The van der Waals surface area contributed by atoms with Crippen molar-refractivity contribution in [3.63, 3.8) is 0 Å². The lowest BCUT2D eigenvalue weighted by molar-refractivity contribution is 0.232. The number of carbonyl (C=O) groups is 1. The van der Waals surface area contributed by atoms with Crippen LogP contribution in [-0.2, 0) is 13.5 Å². The molecule has 1 heterocycles. The zero-order chi connectivity index (χ0) is 15.6. The first kappa shape index (κ1) is 15.4. The van der Waals surface area contributed by atoms with Gasteiger partial charge < -0.3 is 15.2 Å². The maximum atomic E-state index is 11.7. The highest BCUT2D eigenvalue weighted by Crippen LogP contribution is 2.16. The minimum Gasteiger partial charge on any atom is -0.338 e. The quantitative estimate of drug-likeness (QED) is 0.911. The second kappa shape index (κ2) is 5.76. The van der Waals surface area contributed by atoms with Gasteiger partial charge in [-0.3, -0.25) is 0 Å². The molecule has 0 saturated heterocycles. The summed E-state index contributed by atoms with van der Waals surface area (Å²) < 4.78 is 2.08. The normalized spacial score (nSPS) is 11.7. The number of aryl methyl sites for hydroxylation is 2. The van der Waals surface area contributed by atoms with E-state index in [1.54, 1.807) is 0 Å². The molecule has 0 aliphatic heterocycles.